The van der Waals surface area contributed by atoms with E-state index in [4.69, 9.17) is 10.0 Å². The van der Waals surface area contributed by atoms with Crippen LogP contribution in [0.4, 0.5) is 0 Å². The van der Waals surface area contributed by atoms with Crippen LogP contribution >= 0.6 is 0 Å². The third kappa shape index (κ3) is 6.65. The third-order valence-corrected chi connectivity index (χ3v) is 4.27. The van der Waals surface area contributed by atoms with Crippen LogP contribution in [-0.4, -0.2) is 78.3 Å². The normalized spacial score (nSPS) is 23.2. The summed E-state index contributed by atoms with van der Waals surface area (Å²) >= 11 is 0. The predicted molar refractivity (Wildman–Crippen MR) is 87.6 cm³/mol. The van der Waals surface area contributed by atoms with Crippen LogP contribution in [0.3, 0.4) is 0 Å². The standard InChI is InChI=1S/C15H31BN2O4/c1-15(2,10-17(3)4)11-18-8-12(6-5-7-16(21)22)13(9-18)14(19)20/h12-13,21-22H,5-11H2,1-4H3,(H,19,20)/t12?,13-/m1/s1. The fourth-order valence-electron chi connectivity index (χ4n) is 3.74. The van der Waals surface area contributed by atoms with Crippen LogP contribution in [0.2, 0.25) is 6.32 Å². The number of nitrogens with zero attached hydrogens (tertiary/aromatic N) is 2. The Morgan fingerprint density at radius 1 is 1.32 bits per heavy atom. The van der Waals surface area contributed by atoms with E-state index in [9.17, 15) is 9.90 Å². The summed E-state index contributed by atoms with van der Waals surface area (Å²) in [6.07, 6.45) is 1.70. The number of carboxylic acid groups (broad SMARTS) is 1. The van der Waals surface area contributed by atoms with Crippen LogP contribution in [0.25, 0.3) is 0 Å². The second-order valence-corrected chi connectivity index (χ2v) is 7.71. The van der Waals surface area contributed by atoms with Crippen molar-refractivity contribution in [3.63, 3.8) is 0 Å². The molecule has 1 unspecified atom stereocenters. The first-order valence-electron chi connectivity index (χ1n) is 8.07. The van der Waals surface area contributed by atoms with Crippen molar-refractivity contribution in [3.8, 4) is 0 Å². The van der Waals surface area contributed by atoms with Gasteiger partial charge in [-0.15, -0.1) is 0 Å². The fourth-order valence-corrected chi connectivity index (χ4v) is 3.74. The summed E-state index contributed by atoms with van der Waals surface area (Å²) in [5, 5.41) is 27.2. The Bertz CT molecular complexity index is 363. The van der Waals surface area contributed by atoms with Gasteiger partial charge in [0.1, 0.15) is 0 Å². The molecule has 1 aliphatic rings. The van der Waals surface area contributed by atoms with E-state index < -0.39 is 13.1 Å². The second kappa shape index (κ2) is 8.29. The van der Waals surface area contributed by atoms with Crippen molar-refractivity contribution in [2.45, 2.75) is 33.0 Å². The van der Waals surface area contributed by atoms with Crippen molar-refractivity contribution < 1.29 is 19.9 Å². The SMILES string of the molecule is CN(C)CC(C)(C)CN1CC(CCCB(O)O)[C@H](C(=O)O)C1. The number of carbonyl (C=O) groups is 1. The molecule has 0 aromatic rings. The Morgan fingerprint density at radius 2 is 1.95 bits per heavy atom. The van der Waals surface area contributed by atoms with Crippen LogP contribution in [-0.2, 0) is 4.79 Å². The number of rotatable bonds is 9. The molecule has 22 heavy (non-hydrogen) atoms. The van der Waals surface area contributed by atoms with E-state index in [-0.39, 0.29) is 17.3 Å². The van der Waals surface area contributed by atoms with Gasteiger partial charge in [-0.2, -0.15) is 0 Å². The maximum atomic E-state index is 11.5. The molecule has 0 saturated carbocycles. The molecule has 2 atom stereocenters. The van der Waals surface area contributed by atoms with Gasteiger partial charge in [-0.3, -0.25) is 4.79 Å². The Morgan fingerprint density at radius 3 is 2.45 bits per heavy atom. The third-order valence-electron chi connectivity index (χ3n) is 4.27. The van der Waals surface area contributed by atoms with E-state index >= 15 is 0 Å². The van der Waals surface area contributed by atoms with E-state index in [1.165, 1.54) is 0 Å². The first-order valence-corrected chi connectivity index (χ1v) is 8.07. The predicted octanol–water partition coefficient (Wildman–Crippen LogP) is 0.460. The molecule has 0 aromatic heterocycles. The molecule has 1 heterocycles. The molecule has 0 aliphatic carbocycles. The van der Waals surface area contributed by atoms with Crippen molar-refractivity contribution in [2.75, 3.05) is 40.3 Å². The molecular weight excluding hydrogens is 283 g/mol. The molecular formula is C15H31BN2O4. The maximum absolute atomic E-state index is 11.5. The molecule has 0 spiro atoms. The molecule has 7 heteroatoms. The van der Waals surface area contributed by atoms with Crippen molar-refractivity contribution in [3.05, 3.63) is 0 Å². The first-order chi connectivity index (χ1) is 10.1. The van der Waals surface area contributed by atoms with E-state index in [0.717, 1.165) is 26.1 Å². The summed E-state index contributed by atoms with van der Waals surface area (Å²) < 4.78 is 0. The Balaban J connectivity index is 2.56. The zero-order valence-corrected chi connectivity index (χ0v) is 14.3. The summed E-state index contributed by atoms with van der Waals surface area (Å²) in [5.74, 6) is -0.972. The lowest BCUT2D eigenvalue weighted by Gasteiger charge is -2.32. The van der Waals surface area contributed by atoms with Crippen LogP contribution < -0.4 is 0 Å². The number of likely N-dealkylation sites (tertiary alicyclic amines) is 1. The zero-order valence-electron chi connectivity index (χ0n) is 14.3. The topological polar surface area (TPSA) is 84.2 Å². The minimum Gasteiger partial charge on any atom is -0.481 e. The summed E-state index contributed by atoms with van der Waals surface area (Å²) in [6.45, 7) is 7.64. The van der Waals surface area contributed by atoms with Crippen LogP contribution in [0.1, 0.15) is 26.7 Å². The lowest BCUT2D eigenvalue weighted by molar-refractivity contribution is -0.142. The number of hydrogen-bond donors (Lipinski definition) is 3. The van der Waals surface area contributed by atoms with Crippen LogP contribution in [0, 0.1) is 17.3 Å². The van der Waals surface area contributed by atoms with Crippen LogP contribution in [0.15, 0.2) is 0 Å². The van der Waals surface area contributed by atoms with Crippen molar-refractivity contribution in [2.24, 2.45) is 17.3 Å². The van der Waals surface area contributed by atoms with Crippen molar-refractivity contribution in [1.82, 2.24) is 9.80 Å². The summed E-state index contributed by atoms with van der Waals surface area (Å²) in [4.78, 5) is 15.9. The Labute approximate surface area is 134 Å². The van der Waals surface area contributed by atoms with Gasteiger partial charge >= 0.3 is 13.1 Å². The van der Waals surface area contributed by atoms with Gasteiger partial charge in [0.2, 0.25) is 0 Å². The Kier molecular flexibility index (Phi) is 7.32. The number of aliphatic carboxylic acids is 1. The molecule has 0 bridgehead atoms. The highest BCUT2D eigenvalue weighted by atomic mass is 16.4. The highest BCUT2D eigenvalue weighted by Crippen LogP contribution is 2.31. The molecule has 0 amide bonds. The molecule has 1 saturated heterocycles. The van der Waals surface area contributed by atoms with Crippen molar-refractivity contribution in [1.29, 1.82) is 0 Å². The van der Waals surface area contributed by atoms with Gasteiger partial charge < -0.3 is 25.0 Å². The molecule has 0 radical (unpaired) electrons. The molecule has 6 nitrogen and oxygen atoms in total. The van der Waals surface area contributed by atoms with E-state index in [2.05, 4.69) is 37.7 Å². The molecule has 1 rings (SSSR count). The monoisotopic (exact) mass is 314 g/mol. The average Bonchev–Trinajstić information content (AvgIpc) is 2.68. The van der Waals surface area contributed by atoms with Gasteiger partial charge in [-0.1, -0.05) is 20.3 Å². The van der Waals surface area contributed by atoms with Gasteiger partial charge in [0.25, 0.3) is 0 Å². The minimum absolute atomic E-state index is 0.103. The average molecular weight is 314 g/mol. The van der Waals surface area contributed by atoms with Gasteiger partial charge in [0.05, 0.1) is 5.92 Å². The van der Waals surface area contributed by atoms with Gasteiger partial charge in [0.15, 0.2) is 0 Å². The molecule has 0 aromatic carbocycles. The van der Waals surface area contributed by atoms with E-state index in [0.29, 0.717) is 19.3 Å². The minimum atomic E-state index is -1.29. The fraction of sp³-hybridized carbons (Fsp3) is 0.933. The lowest BCUT2D eigenvalue weighted by Crippen LogP contribution is -2.39. The zero-order chi connectivity index (χ0) is 16.9. The van der Waals surface area contributed by atoms with Crippen molar-refractivity contribution >= 4 is 13.1 Å². The van der Waals surface area contributed by atoms with Crippen LogP contribution in [0.5, 0.6) is 0 Å². The summed E-state index contributed by atoms with van der Waals surface area (Å²) in [6, 6.07) is 0. The highest BCUT2D eigenvalue weighted by Gasteiger charge is 2.39. The van der Waals surface area contributed by atoms with Gasteiger partial charge in [-0.25, -0.2) is 0 Å². The summed E-state index contributed by atoms with van der Waals surface area (Å²) in [7, 11) is 2.81. The molecule has 1 fully saturated rings. The number of hydrogen-bond acceptors (Lipinski definition) is 5. The van der Waals surface area contributed by atoms with E-state index in [1.807, 2.05) is 0 Å². The largest absolute Gasteiger partial charge is 0.481 e. The van der Waals surface area contributed by atoms with E-state index in [1.54, 1.807) is 0 Å². The lowest BCUT2D eigenvalue weighted by atomic mass is 9.80. The van der Waals surface area contributed by atoms with Gasteiger partial charge in [-0.05, 0) is 38.2 Å². The maximum Gasteiger partial charge on any atom is 0.451 e. The Hall–Kier alpha value is -0.625. The molecule has 1 aliphatic heterocycles. The second-order valence-electron chi connectivity index (χ2n) is 7.71. The first kappa shape index (κ1) is 19.4. The quantitative estimate of drug-likeness (QED) is 0.536. The highest BCUT2D eigenvalue weighted by molar-refractivity contribution is 6.40. The smallest absolute Gasteiger partial charge is 0.451 e. The number of carboxylic acids is 1. The molecule has 3 N–H and O–H groups in total. The molecule has 128 valence electrons. The summed E-state index contributed by atoms with van der Waals surface area (Å²) in [5.41, 5.74) is 0.114. The van der Waals surface area contributed by atoms with Gasteiger partial charge in [0, 0.05) is 26.2 Å².